The van der Waals surface area contributed by atoms with Gasteiger partial charge in [0.1, 0.15) is 6.07 Å². The van der Waals surface area contributed by atoms with Crippen LogP contribution in [0.25, 0.3) is 0 Å². The molecule has 0 radical (unpaired) electrons. The molecule has 2 aliphatic heterocycles. The summed E-state index contributed by atoms with van der Waals surface area (Å²) in [5.41, 5.74) is 2.27. The van der Waals surface area contributed by atoms with Gasteiger partial charge in [-0.3, -0.25) is 4.90 Å². The second kappa shape index (κ2) is 6.41. The van der Waals surface area contributed by atoms with Crippen LogP contribution in [0, 0.1) is 18.3 Å². The molecule has 120 valence electrons. The summed E-state index contributed by atoms with van der Waals surface area (Å²) >= 11 is 0. The molecule has 0 spiro atoms. The Morgan fingerprint density at radius 1 is 1.23 bits per heavy atom. The van der Waals surface area contributed by atoms with E-state index in [1.54, 1.807) is 0 Å². The summed E-state index contributed by atoms with van der Waals surface area (Å²) in [5, 5.41) is 19.8. The van der Waals surface area contributed by atoms with Crippen LogP contribution in [0.3, 0.4) is 0 Å². The molecule has 5 heteroatoms. The number of likely N-dealkylation sites (tertiary alicyclic amines) is 2. The van der Waals surface area contributed by atoms with Gasteiger partial charge in [0.2, 0.25) is 0 Å². The molecule has 0 aliphatic carbocycles. The highest BCUT2D eigenvalue weighted by Gasteiger charge is 2.34. The maximum absolute atomic E-state index is 10.8. The first-order valence-corrected chi connectivity index (χ1v) is 8.34. The summed E-state index contributed by atoms with van der Waals surface area (Å²) in [7, 11) is 0. The number of nitrogens with one attached hydrogen (secondary N) is 1. The van der Waals surface area contributed by atoms with Gasteiger partial charge in [-0.05, 0) is 51.8 Å². The molecule has 2 N–H and O–H groups in total. The highest BCUT2D eigenvalue weighted by atomic mass is 16.3. The van der Waals surface area contributed by atoms with Gasteiger partial charge in [-0.1, -0.05) is 0 Å². The molecule has 0 amide bonds. The summed E-state index contributed by atoms with van der Waals surface area (Å²) in [6.07, 6.45) is 4.23. The second-order valence-corrected chi connectivity index (χ2v) is 6.93. The Morgan fingerprint density at radius 3 is 2.50 bits per heavy atom. The Kier molecular flexibility index (Phi) is 4.53. The van der Waals surface area contributed by atoms with Gasteiger partial charge in [0.05, 0.1) is 11.2 Å². The molecule has 0 atom stereocenters. The largest absolute Gasteiger partial charge is 0.388 e. The molecule has 0 unspecified atom stereocenters. The van der Waals surface area contributed by atoms with Crippen LogP contribution in [0.1, 0.15) is 42.6 Å². The van der Waals surface area contributed by atoms with Crippen LogP contribution in [0.5, 0.6) is 0 Å². The number of piperidine rings is 1. The van der Waals surface area contributed by atoms with Crippen molar-refractivity contribution in [1.29, 1.82) is 5.26 Å². The predicted octanol–water partition coefficient (Wildman–Crippen LogP) is 1.62. The molecule has 2 saturated heterocycles. The van der Waals surface area contributed by atoms with Gasteiger partial charge in [0.25, 0.3) is 0 Å². The van der Waals surface area contributed by atoms with E-state index in [4.69, 9.17) is 5.26 Å². The van der Waals surface area contributed by atoms with Crippen LogP contribution in [-0.4, -0.2) is 58.2 Å². The van der Waals surface area contributed by atoms with Crippen molar-refractivity contribution in [3.63, 3.8) is 0 Å². The zero-order chi connectivity index (χ0) is 15.6. The van der Waals surface area contributed by atoms with Crippen LogP contribution in [0.15, 0.2) is 6.07 Å². The smallest absolute Gasteiger partial charge is 0.101 e. The Hall–Kier alpha value is -1.35. The Labute approximate surface area is 132 Å². The number of rotatable bonds is 4. The van der Waals surface area contributed by atoms with E-state index in [0.717, 1.165) is 69.1 Å². The number of hydrogen-bond donors (Lipinski definition) is 2. The van der Waals surface area contributed by atoms with E-state index in [1.807, 2.05) is 13.0 Å². The van der Waals surface area contributed by atoms with Crippen molar-refractivity contribution in [3.05, 3.63) is 23.0 Å². The molecule has 2 aliphatic rings. The fraction of sp³-hybridized carbons (Fsp3) is 0.706. The number of aromatic nitrogens is 1. The fourth-order valence-electron chi connectivity index (χ4n) is 3.71. The lowest BCUT2D eigenvalue weighted by atomic mass is 9.90. The van der Waals surface area contributed by atoms with E-state index >= 15 is 0 Å². The normalized spacial score (nSPS) is 22.8. The molecule has 3 heterocycles. The van der Waals surface area contributed by atoms with Crippen LogP contribution in [0.4, 0.5) is 0 Å². The minimum Gasteiger partial charge on any atom is -0.388 e. The number of hydrogen-bond acceptors (Lipinski definition) is 4. The molecule has 2 fully saturated rings. The van der Waals surface area contributed by atoms with E-state index in [9.17, 15) is 5.11 Å². The topological polar surface area (TPSA) is 66.3 Å². The molecular formula is C17H26N4O. The van der Waals surface area contributed by atoms with E-state index < -0.39 is 5.60 Å². The van der Waals surface area contributed by atoms with Crippen molar-refractivity contribution < 1.29 is 5.11 Å². The maximum atomic E-state index is 10.8. The third-order valence-electron chi connectivity index (χ3n) is 5.09. The number of aryl methyl sites for hydroxylation is 1. The predicted molar refractivity (Wildman–Crippen MR) is 85.4 cm³/mol. The summed E-state index contributed by atoms with van der Waals surface area (Å²) in [6.45, 7) is 7.74. The van der Waals surface area contributed by atoms with Crippen molar-refractivity contribution in [1.82, 2.24) is 14.8 Å². The summed E-state index contributed by atoms with van der Waals surface area (Å²) in [5.74, 6) is 0. The molecule has 0 saturated carbocycles. The van der Waals surface area contributed by atoms with Gasteiger partial charge < -0.3 is 15.0 Å². The molecule has 0 aromatic carbocycles. The first-order chi connectivity index (χ1) is 10.6. The average molecular weight is 302 g/mol. The van der Waals surface area contributed by atoms with Crippen molar-refractivity contribution >= 4 is 0 Å². The zero-order valence-corrected chi connectivity index (χ0v) is 13.4. The van der Waals surface area contributed by atoms with Gasteiger partial charge >= 0.3 is 0 Å². The van der Waals surface area contributed by atoms with Crippen molar-refractivity contribution in [2.75, 3.05) is 32.7 Å². The summed E-state index contributed by atoms with van der Waals surface area (Å²) in [6, 6.07) is 4.16. The molecular weight excluding hydrogens is 276 g/mol. The molecule has 0 bridgehead atoms. The van der Waals surface area contributed by atoms with Crippen LogP contribution >= 0.6 is 0 Å². The first kappa shape index (κ1) is 15.5. The van der Waals surface area contributed by atoms with Gasteiger partial charge in [-0.15, -0.1) is 0 Å². The number of aliphatic hydroxyl groups is 1. The highest BCUT2D eigenvalue weighted by molar-refractivity contribution is 5.35. The van der Waals surface area contributed by atoms with Crippen molar-refractivity contribution in [3.8, 4) is 6.07 Å². The van der Waals surface area contributed by atoms with E-state index in [-0.39, 0.29) is 0 Å². The lowest BCUT2D eigenvalue weighted by molar-refractivity contribution is -0.0432. The Balaban J connectivity index is 1.51. The van der Waals surface area contributed by atoms with E-state index in [0.29, 0.717) is 0 Å². The lowest BCUT2D eigenvalue weighted by Crippen LogP contribution is -2.50. The van der Waals surface area contributed by atoms with Gasteiger partial charge in [-0.2, -0.15) is 5.26 Å². The second-order valence-electron chi connectivity index (χ2n) is 6.93. The highest BCUT2D eigenvalue weighted by Crippen LogP contribution is 2.26. The third kappa shape index (κ3) is 3.52. The van der Waals surface area contributed by atoms with E-state index in [2.05, 4.69) is 20.9 Å². The number of nitrogens with zero attached hydrogens (tertiary/aromatic N) is 3. The molecule has 22 heavy (non-hydrogen) atoms. The number of β-amino-alcohol motifs (C(OH)–C–C–N with tert-alkyl or cyclic N) is 1. The van der Waals surface area contributed by atoms with Gasteiger partial charge in [-0.25, -0.2) is 0 Å². The number of H-pyrrole nitrogens is 1. The standard InChI is InChI=1S/C17H26N4O/c1-14-15(11-18)10-16(19-14)12-20-8-4-17(22,5-9-20)13-21-6-2-3-7-21/h10,19,22H,2-9,12-13H2,1H3. The number of nitriles is 1. The summed E-state index contributed by atoms with van der Waals surface area (Å²) in [4.78, 5) is 8.06. The third-order valence-corrected chi connectivity index (χ3v) is 5.09. The SMILES string of the molecule is Cc1[nH]c(CN2CCC(O)(CN3CCCC3)CC2)cc1C#N. The molecule has 1 aromatic rings. The minimum absolute atomic E-state index is 0.510. The van der Waals surface area contributed by atoms with E-state index in [1.165, 1.54) is 12.8 Å². The van der Waals surface area contributed by atoms with Crippen LogP contribution < -0.4 is 0 Å². The molecule has 3 rings (SSSR count). The van der Waals surface area contributed by atoms with Gasteiger partial charge in [0.15, 0.2) is 0 Å². The van der Waals surface area contributed by atoms with Crippen LogP contribution in [0.2, 0.25) is 0 Å². The Morgan fingerprint density at radius 2 is 1.91 bits per heavy atom. The van der Waals surface area contributed by atoms with Crippen LogP contribution in [-0.2, 0) is 6.54 Å². The lowest BCUT2D eigenvalue weighted by Gasteiger charge is -2.40. The quantitative estimate of drug-likeness (QED) is 0.887. The number of aromatic amines is 1. The minimum atomic E-state index is -0.510. The fourth-order valence-corrected chi connectivity index (χ4v) is 3.71. The molecule has 1 aromatic heterocycles. The Bertz CT molecular complexity index is 545. The zero-order valence-electron chi connectivity index (χ0n) is 13.4. The first-order valence-electron chi connectivity index (χ1n) is 8.34. The average Bonchev–Trinajstić information content (AvgIpc) is 3.11. The maximum Gasteiger partial charge on any atom is 0.101 e. The molecule has 5 nitrogen and oxygen atoms in total. The van der Waals surface area contributed by atoms with Crippen molar-refractivity contribution in [2.24, 2.45) is 0 Å². The van der Waals surface area contributed by atoms with Crippen molar-refractivity contribution in [2.45, 2.75) is 44.8 Å². The summed E-state index contributed by atoms with van der Waals surface area (Å²) < 4.78 is 0. The monoisotopic (exact) mass is 302 g/mol. The van der Waals surface area contributed by atoms with Gasteiger partial charge in [0, 0.05) is 37.6 Å².